The summed E-state index contributed by atoms with van der Waals surface area (Å²) >= 11 is 0. The number of carbonyl (C=O) groups is 1. The van der Waals surface area contributed by atoms with Gasteiger partial charge in [0.05, 0.1) is 25.5 Å². The van der Waals surface area contributed by atoms with Gasteiger partial charge in [-0.2, -0.15) is 4.31 Å². The smallest absolute Gasteiger partial charge is 0.262 e. The standard InChI is InChI=1S/C15H24N4O4S/c1-2-17-11-14(16-12-17)24(21,22)19-5-3-4-13(10-19)15(20)18-6-8-23-9-7-18/h11-13H,2-10H2,1H3/t13-/m0/s1. The molecule has 0 bridgehead atoms. The van der Waals surface area contributed by atoms with Crippen LogP contribution in [-0.2, 0) is 26.1 Å². The number of piperidine rings is 1. The molecule has 2 aliphatic heterocycles. The largest absolute Gasteiger partial charge is 0.378 e. The number of imidazole rings is 1. The highest BCUT2D eigenvalue weighted by molar-refractivity contribution is 7.89. The molecule has 0 saturated carbocycles. The lowest BCUT2D eigenvalue weighted by Gasteiger charge is -2.35. The zero-order valence-corrected chi connectivity index (χ0v) is 14.7. The average Bonchev–Trinajstić information content (AvgIpc) is 3.12. The van der Waals surface area contributed by atoms with Crippen LogP contribution in [0.25, 0.3) is 0 Å². The molecule has 0 radical (unpaired) electrons. The Morgan fingerprint density at radius 1 is 1.33 bits per heavy atom. The molecule has 3 rings (SSSR count). The summed E-state index contributed by atoms with van der Waals surface area (Å²) in [4.78, 5) is 18.4. The molecule has 2 aliphatic rings. The Kier molecular flexibility index (Phi) is 5.21. The van der Waals surface area contributed by atoms with Crippen LogP contribution in [0.5, 0.6) is 0 Å². The van der Waals surface area contributed by atoms with Crippen LogP contribution in [0.3, 0.4) is 0 Å². The van der Waals surface area contributed by atoms with Crippen molar-refractivity contribution in [2.45, 2.75) is 31.3 Å². The number of ether oxygens (including phenoxy) is 1. The Labute approximate surface area is 142 Å². The van der Waals surface area contributed by atoms with E-state index in [9.17, 15) is 13.2 Å². The summed E-state index contributed by atoms with van der Waals surface area (Å²) in [6.07, 6.45) is 4.48. The van der Waals surface area contributed by atoms with E-state index >= 15 is 0 Å². The highest BCUT2D eigenvalue weighted by Gasteiger charge is 2.36. The lowest BCUT2D eigenvalue weighted by atomic mass is 9.98. The van der Waals surface area contributed by atoms with Crippen LogP contribution in [0.15, 0.2) is 17.6 Å². The molecule has 1 aromatic rings. The number of amides is 1. The van der Waals surface area contributed by atoms with Gasteiger partial charge >= 0.3 is 0 Å². The van der Waals surface area contributed by atoms with Gasteiger partial charge in [0.15, 0.2) is 5.03 Å². The van der Waals surface area contributed by atoms with Crippen LogP contribution in [-0.4, -0.2) is 72.5 Å². The number of hydrogen-bond donors (Lipinski definition) is 0. The number of morpholine rings is 1. The molecule has 0 N–H and O–H groups in total. The van der Waals surface area contributed by atoms with E-state index in [2.05, 4.69) is 4.98 Å². The third kappa shape index (κ3) is 3.47. The van der Waals surface area contributed by atoms with Gasteiger partial charge in [0.1, 0.15) is 0 Å². The highest BCUT2D eigenvalue weighted by atomic mass is 32.2. The maximum atomic E-state index is 12.8. The Morgan fingerprint density at radius 2 is 2.08 bits per heavy atom. The molecule has 0 aromatic carbocycles. The lowest BCUT2D eigenvalue weighted by molar-refractivity contribution is -0.140. The molecule has 3 heterocycles. The van der Waals surface area contributed by atoms with E-state index in [0.29, 0.717) is 45.8 Å². The molecule has 9 heteroatoms. The number of nitrogens with zero attached hydrogens (tertiary/aromatic N) is 4. The van der Waals surface area contributed by atoms with Gasteiger partial charge < -0.3 is 14.2 Å². The third-order valence-electron chi connectivity index (χ3n) is 4.64. The minimum atomic E-state index is -3.64. The van der Waals surface area contributed by atoms with Crippen LogP contribution in [0.4, 0.5) is 0 Å². The van der Waals surface area contributed by atoms with Gasteiger partial charge in [-0.1, -0.05) is 0 Å². The van der Waals surface area contributed by atoms with Gasteiger partial charge in [0.2, 0.25) is 5.91 Å². The normalized spacial score (nSPS) is 23.4. The Morgan fingerprint density at radius 3 is 2.75 bits per heavy atom. The van der Waals surface area contributed by atoms with Crippen molar-refractivity contribution in [1.29, 1.82) is 0 Å². The topological polar surface area (TPSA) is 84.7 Å². The van der Waals surface area contributed by atoms with Crippen molar-refractivity contribution in [1.82, 2.24) is 18.8 Å². The van der Waals surface area contributed by atoms with Crippen molar-refractivity contribution >= 4 is 15.9 Å². The first-order chi connectivity index (χ1) is 11.5. The van der Waals surface area contributed by atoms with E-state index in [4.69, 9.17) is 4.74 Å². The third-order valence-corrected chi connectivity index (χ3v) is 6.39. The maximum absolute atomic E-state index is 12.8. The second kappa shape index (κ2) is 7.20. The van der Waals surface area contributed by atoms with Crippen molar-refractivity contribution in [2.75, 3.05) is 39.4 Å². The summed E-state index contributed by atoms with van der Waals surface area (Å²) in [5, 5.41) is 0.0591. The van der Waals surface area contributed by atoms with Gasteiger partial charge in [-0.05, 0) is 19.8 Å². The van der Waals surface area contributed by atoms with E-state index in [-0.39, 0.29) is 23.4 Å². The number of carbonyl (C=O) groups excluding carboxylic acids is 1. The van der Waals surface area contributed by atoms with Crippen molar-refractivity contribution < 1.29 is 17.9 Å². The average molecular weight is 356 g/mol. The fourth-order valence-electron chi connectivity index (χ4n) is 3.18. The monoisotopic (exact) mass is 356 g/mol. The first-order valence-corrected chi connectivity index (χ1v) is 9.85. The van der Waals surface area contributed by atoms with Gasteiger partial charge in [-0.15, -0.1) is 0 Å². The zero-order valence-electron chi connectivity index (χ0n) is 13.9. The minimum Gasteiger partial charge on any atom is -0.378 e. The summed E-state index contributed by atoms with van der Waals surface area (Å²) in [7, 11) is -3.64. The first kappa shape index (κ1) is 17.4. The molecule has 1 amide bonds. The fraction of sp³-hybridized carbons (Fsp3) is 0.733. The van der Waals surface area contributed by atoms with Gasteiger partial charge in [0.25, 0.3) is 10.0 Å². The van der Waals surface area contributed by atoms with Gasteiger partial charge in [-0.3, -0.25) is 4.79 Å². The predicted octanol–water partition coefficient (Wildman–Crippen LogP) is 0.163. The molecule has 1 atom stereocenters. The van der Waals surface area contributed by atoms with E-state index in [1.54, 1.807) is 15.7 Å². The molecule has 0 aliphatic carbocycles. The molecular formula is C15H24N4O4S. The number of aromatic nitrogens is 2. The SMILES string of the molecule is CCn1cnc(S(=O)(=O)N2CCC[C@H](C(=O)N3CCOCC3)C2)c1. The Bertz CT molecular complexity index is 681. The van der Waals surface area contributed by atoms with Crippen molar-refractivity contribution in [3.8, 4) is 0 Å². The molecule has 24 heavy (non-hydrogen) atoms. The number of rotatable bonds is 4. The maximum Gasteiger partial charge on any atom is 0.262 e. The Hall–Kier alpha value is -1.45. The Balaban J connectivity index is 1.71. The zero-order chi connectivity index (χ0) is 17.2. The molecule has 8 nitrogen and oxygen atoms in total. The second-order valence-corrected chi connectivity index (χ2v) is 8.07. The van der Waals surface area contributed by atoms with E-state index in [0.717, 1.165) is 6.42 Å². The van der Waals surface area contributed by atoms with E-state index in [1.165, 1.54) is 10.6 Å². The first-order valence-electron chi connectivity index (χ1n) is 8.41. The number of sulfonamides is 1. The van der Waals surface area contributed by atoms with Crippen LogP contribution < -0.4 is 0 Å². The predicted molar refractivity (Wildman–Crippen MR) is 86.8 cm³/mol. The number of aryl methyl sites for hydroxylation is 1. The summed E-state index contributed by atoms with van der Waals surface area (Å²) < 4.78 is 33.9. The lowest BCUT2D eigenvalue weighted by Crippen LogP contribution is -2.49. The molecular weight excluding hydrogens is 332 g/mol. The van der Waals surface area contributed by atoms with Crippen molar-refractivity contribution in [3.05, 3.63) is 12.5 Å². The summed E-state index contributed by atoms with van der Waals surface area (Å²) in [6.45, 7) is 5.54. The van der Waals surface area contributed by atoms with Crippen molar-refractivity contribution in [2.24, 2.45) is 5.92 Å². The summed E-state index contributed by atoms with van der Waals surface area (Å²) in [6, 6.07) is 0. The molecule has 1 aromatic heterocycles. The van der Waals surface area contributed by atoms with Crippen LogP contribution in [0, 0.1) is 5.92 Å². The van der Waals surface area contributed by atoms with Crippen LogP contribution in [0.1, 0.15) is 19.8 Å². The van der Waals surface area contributed by atoms with Gasteiger partial charge in [-0.25, -0.2) is 13.4 Å². The van der Waals surface area contributed by atoms with Crippen molar-refractivity contribution in [3.63, 3.8) is 0 Å². The second-order valence-electron chi connectivity index (χ2n) is 6.18. The van der Waals surface area contributed by atoms with Gasteiger partial charge in [0, 0.05) is 38.9 Å². The van der Waals surface area contributed by atoms with Crippen LogP contribution >= 0.6 is 0 Å². The molecule has 0 spiro atoms. The van der Waals surface area contributed by atoms with E-state index < -0.39 is 10.0 Å². The highest BCUT2D eigenvalue weighted by Crippen LogP contribution is 2.24. The molecule has 2 saturated heterocycles. The van der Waals surface area contributed by atoms with Crippen LogP contribution in [0.2, 0.25) is 0 Å². The van der Waals surface area contributed by atoms with E-state index in [1.807, 2.05) is 6.92 Å². The summed E-state index contributed by atoms with van der Waals surface area (Å²) in [5.41, 5.74) is 0. The number of hydrogen-bond acceptors (Lipinski definition) is 5. The quantitative estimate of drug-likeness (QED) is 0.767. The summed E-state index contributed by atoms with van der Waals surface area (Å²) in [5.74, 6) is -0.239. The fourth-order valence-corrected chi connectivity index (χ4v) is 4.64. The molecule has 2 fully saturated rings. The molecule has 0 unspecified atom stereocenters. The minimum absolute atomic E-state index is 0.0392. The molecule has 134 valence electrons.